The van der Waals surface area contributed by atoms with Crippen molar-refractivity contribution in [1.82, 2.24) is 10.3 Å². The molecule has 3 aromatic rings. The summed E-state index contributed by atoms with van der Waals surface area (Å²) in [6.45, 7) is 1.31. The van der Waals surface area contributed by atoms with Gasteiger partial charge in [-0.25, -0.2) is 0 Å². The largest absolute Gasteiger partial charge is 0.488 e. The van der Waals surface area contributed by atoms with Crippen molar-refractivity contribution in [3.63, 3.8) is 0 Å². The van der Waals surface area contributed by atoms with Crippen LogP contribution in [0.15, 0.2) is 60.9 Å². The maximum atomic E-state index is 6.00. The lowest BCUT2D eigenvalue weighted by atomic mass is 10.0. The van der Waals surface area contributed by atoms with E-state index < -0.39 is 0 Å². The van der Waals surface area contributed by atoms with Gasteiger partial charge in [0.1, 0.15) is 12.4 Å². The van der Waals surface area contributed by atoms with Crippen molar-refractivity contribution < 1.29 is 4.74 Å². The van der Waals surface area contributed by atoms with Crippen LogP contribution in [-0.4, -0.2) is 12.0 Å². The highest BCUT2D eigenvalue weighted by Crippen LogP contribution is 2.28. The van der Waals surface area contributed by atoms with Crippen molar-refractivity contribution in [3.05, 3.63) is 72.1 Å². The molecule has 0 spiro atoms. The van der Waals surface area contributed by atoms with Gasteiger partial charge in [-0.1, -0.05) is 36.4 Å². The molecule has 1 aromatic heterocycles. The van der Waals surface area contributed by atoms with Crippen molar-refractivity contribution in [1.29, 1.82) is 0 Å². The number of aromatic nitrogens is 1. The first-order valence-electron chi connectivity index (χ1n) is 7.05. The van der Waals surface area contributed by atoms with E-state index in [4.69, 9.17) is 4.74 Å². The summed E-state index contributed by atoms with van der Waals surface area (Å²) in [5.41, 5.74) is 2.26. The van der Waals surface area contributed by atoms with Gasteiger partial charge in [0, 0.05) is 30.1 Å². The van der Waals surface area contributed by atoms with Gasteiger partial charge in [0.15, 0.2) is 0 Å². The molecule has 1 heterocycles. The minimum Gasteiger partial charge on any atom is -0.488 e. The van der Waals surface area contributed by atoms with Crippen LogP contribution in [0.2, 0.25) is 0 Å². The molecule has 106 valence electrons. The summed E-state index contributed by atoms with van der Waals surface area (Å²) in [7, 11) is 1.95. The Labute approximate surface area is 124 Å². The molecular weight excluding hydrogens is 260 g/mol. The van der Waals surface area contributed by atoms with Crippen LogP contribution in [0, 0.1) is 0 Å². The Morgan fingerprint density at radius 1 is 1.05 bits per heavy atom. The molecule has 0 radical (unpaired) electrons. The van der Waals surface area contributed by atoms with Gasteiger partial charge >= 0.3 is 0 Å². The predicted molar refractivity (Wildman–Crippen MR) is 85.3 cm³/mol. The first kappa shape index (κ1) is 13.6. The van der Waals surface area contributed by atoms with Gasteiger partial charge in [0.05, 0.1) is 0 Å². The molecule has 0 aliphatic heterocycles. The number of fused-ring (bicyclic) bond motifs is 1. The molecule has 2 aromatic carbocycles. The summed E-state index contributed by atoms with van der Waals surface area (Å²) < 4.78 is 6.00. The zero-order valence-corrected chi connectivity index (χ0v) is 12.0. The number of nitrogens with one attached hydrogen (secondary N) is 1. The molecule has 3 rings (SSSR count). The van der Waals surface area contributed by atoms with Crippen LogP contribution in [0.25, 0.3) is 10.8 Å². The van der Waals surface area contributed by atoms with Gasteiger partial charge in [0.25, 0.3) is 0 Å². The standard InChI is InChI=1S/C18H18N2O/c1-19-12-17-16-7-3-2-6-15(16)8-9-18(17)21-13-14-5-4-10-20-11-14/h2-11,19H,12-13H2,1H3. The van der Waals surface area contributed by atoms with Gasteiger partial charge in [0.2, 0.25) is 0 Å². The number of nitrogens with zero attached hydrogens (tertiary/aromatic N) is 1. The number of rotatable bonds is 5. The van der Waals surface area contributed by atoms with Crippen LogP contribution < -0.4 is 10.1 Å². The van der Waals surface area contributed by atoms with Crippen LogP contribution in [0.3, 0.4) is 0 Å². The Morgan fingerprint density at radius 3 is 2.76 bits per heavy atom. The van der Waals surface area contributed by atoms with Gasteiger partial charge in [-0.05, 0) is 30.0 Å². The zero-order valence-electron chi connectivity index (χ0n) is 12.0. The average Bonchev–Trinajstić information content (AvgIpc) is 2.55. The van der Waals surface area contributed by atoms with Crippen molar-refractivity contribution >= 4 is 10.8 Å². The summed E-state index contributed by atoms with van der Waals surface area (Å²) in [6.07, 6.45) is 3.60. The van der Waals surface area contributed by atoms with Gasteiger partial charge in [-0.2, -0.15) is 0 Å². The van der Waals surface area contributed by atoms with Crippen LogP contribution >= 0.6 is 0 Å². The summed E-state index contributed by atoms with van der Waals surface area (Å²) >= 11 is 0. The fourth-order valence-electron chi connectivity index (χ4n) is 2.45. The zero-order chi connectivity index (χ0) is 14.5. The van der Waals surface area contributed by atoms with E-state index in [9.17, 15) is 0 Å². The van der Waals surface area contributed by atoms with Crippen LogP contribution in [0.1, 0.15) is 11.1 Å². The maximum Gasteiger partial charge on any atom is 0.124 e. The van der Waals surface area contributed by atoms with Gasteiger partial charge in [-0.15, -0.1) is 0 Å². The highest BCUT2D eigenvalue weighted by atomic mass is 16.5. The van der Waals surface area contributed by atoms with Crippen LogP contribution in [0.5, 0.6) is 5.75 Å². The maximum absolute atomic E-state index is 6.00. The molecule has 0 unspecified atom stereocenters. The normalized spacial score (nSPS) is 10.7. The SMILES string of the molecule is CNCc1c(OCc2cccnc2)ccc2ccccc12. The molecule has 0 saturated heterocycles. The Hall–Kier alpha value is -2.39. The van der Waals surface area contributed by atoms with Gasteiger partial charge in [-0.3, -0.25) is 4.98 Å². The molecule has 0 aliphatic rings. The fraction of sp³-hybridized carbons (Fsp3) is 0.167. The topological polar surface area (TPSA) is 34.1 Å². The second-order valence-corrected chi connectivity index (χ2v) is 4.94. The van der Waals surface area contributed by atoms with Crippen molar-refractivity contribution in [2.75, 3.05) is 7.05 Å². The average molecular weight is 278 g/mol. The Bertz CT molecular complexity index is 726. The fourth-order valence-corrected chi connectivity index (χ4v) is 2.45. The first-order chi connectivity index (χ1) is 10.4. The highest BCUT2D eigenvalue weighted by molar-refractivity contribution is 5.87. The molecule has 0 saturated carbocycles. The third kappa shape index (κ3) is 3.03. The molecule has 0 aliphatic carbocycles. The summed E-state index contributed by atoms with van der Waals surface area (Å²) in [6, 6.07) is 16.5. The Balaban J connectivity index is 1.92. The van der Waals surface area contributed by atoms with Crippen molar-refractivity contribution in [2.45, 2.75) is 13.2 Å². The number of ether oxygens (including phenoxy) is 1. The quantitative estimate of drug-likeness (QED) is 0.775. The monoisotopic (exact) mass is 278 g/mol. The van der Waals surface area contributed by atoms with E-state index in [1.54, 1.807) is 6.20 Å². The van der Waals surface area contributed by atoms with E-state index in [-0.39, 0.29) is 0 Å². The molecule has 0 atom stereocenters. The lowest BCUT2D eigenvalue weighted by molar-refractivity contribution is 0.302. The van der Waals surface area contributed by atoms with E-state index in [1.165, 1.54) is 16.3 Å². The molecular formula is C18H18N2O. The number of hydrogen-bond acceptors (Lipinski definition) is 3. The first-order valence-corrected chi connectivity index (χ1v) is 7.05. The Morgan fingerprint density at radius 2 is 1.95 bits per heavy atom. The number of benzene rings is 2. The molecule has 0 amide bonds. The molecule has 1 N–H and O–H groups in total. The lowest BCUT2D eigenvalue weighted by Gasteiger charge is -2.14. The molecule has 21 heavy (non-hydrogen) atoms. The van der Waals surface area contributed by atoms with E-state index in [0.29, 0.717) is 6.61 Å². The molecule has 0 bridgehead atoms. The molecule has 3 heteroatoms. The predicted octanol–water partition coefficient (Wildman–Crippen LogP) is 3.53. The number of pyridine rings is 1. The lowest BCUT2D eigenvalue weighted by Crippen LogP contribution is -2.08. The Kier molecular flexibility index (Phi) is 4.12. The second kappa shape index (κ2) is 6.37. The number of hydrogen-bond donors (Lipinski definition) is 1. The minimum atomic E-state index is 0.531. The van der Waals surface area contributed by atoms with E-state index in [2.05, 4.69) is 40.6 Å². The van der Waals surface area contributed by atoms with Crippen molar-refractivity contribution in [2.24, 2.45) is 0 Å². The second-order valence-electron chi connectivity index (χ2n) is 4.94. The summed E-state index contributed by atoms with van der Waals surface area (Å²) in [5.74, 6) is 0.923. The van der Waals surface area contributed by atoms with Crippen LogP contribution in [-0.2, 0) is 13.2 Å². The van der Waals surface area contributed by atoms with E-state index in [0.717, 1.165) is 17.9 Å². The highest BCUT2D eigenvalue weighted by Gasteiger charge is 2.08. The van der Waals surface area contributed by atoms with Gasteiger partial charge < -0.3 is 10.1 Å². The summed E-state index contributed by atoms with van der Waals surface area (Å²) in [5, 5.41) is 5.69. The molecule has 0 fully saturated rings. The van der Waals surface area contributed by atoms with Crippen LogP contribution in [0.4, 0.5) is 0 Å². The third-order valence-corrected chi connectivity index (χ3v) is 3.47. The van der Waals surface area contributed by atoms with E-state index in [1.807, 2.05) is 31.4 Å². The van der Waals surface area contributed by atoms with Crippen molar-refractivity contribution in [3.8, 4) is 5.75 Å². The van der Waals surface area contributed by atoms with E-state index >= 15 is 0 Å². The smallest absolute Gasteiger partial charge is 0.124 e. The third-order valence-electron chi connectivity index (χ3n) is 3.47. The minimum absolute atomic E-state index is 0.531. The molecule has 3 nitrogen and oxygen atoms in total. The summed E-state index contributed by atoms with van der Waals surface area (Å²) in [4.78, 5) is 4.11.